The molecule has 44 valence electrons. The third-order valence-corrected chi connectivity index (χ3v) is 0.851. The standard InChI is InChI=1S/C6H10N2/c1-3-6(4-7)5-8-2/h4-5,7H,2-3H2,1H3/b6-5-,7-4?. The first-order chi connectivity index (χ1) is 3.85. The van der Waals surface area contributed by atoms with Crippen molar-refractivity contribution in [3.63, 3.8) is 0 Å². The van der Waals surface area contributed by atoms with E-state index in [0.717, 1.165) is 12.0 Å². The van der Waals surface area contributed by atoms with Gasteiger partial charge >= 0.3 is 0 Å². The minimum Gasteiger partial charge on any atom is -0.308 e. The number of nitrogens with zero attached hydrogens (tertiary/aromatic N) is 1. The molecule has 0 aliphatic heterocycles. The Morgan fingerprint density at radius 1 is 1.88 bits per heavy atom. The van der Waals surface area contributed by atoms with Gasteiger partial charge in [0.25, 0.3) is 0 Å². The SMILES string of the molecule is C=N/C=C(\C=N)CC. The van der Waals surface area contributed by atoms with Crippen molar-refractivity contribution in [1.29, 1.82) is 5.41 Å². The topological polar surface area (TPSA) is 36.2 Å². The molecule has 2 nitrogen and oxygen atoms in total. The van der Waals surface area contributed by atoms with Gasteiger partial charge in [0.2, 0.25) is 0 Å². The first kappa shape index (κ1) is 7.08. The molecule has 0 amide bonds. The molecule has 0 bridgehead atoms. The molecule has 0 saturated carbocycles. The van der Waals surface area contributed by atoms with E-state index in [-0.39, 0.29) is 0 Å². The zero-order chi connectivity index (χ0) is 6.41. The van der Waals surface area contributed by atoms with E-state index in [4.69, 9.17) is 5.41 Å². The van der Waals surface area contributed by atoms with Crippen molar-refractivity contribution < 1.29 is 0 Å². The van der Waals surface area contributed by atoms with Gasteiger partial charge in [-0.05, 0) is 18.7 Å². The van der Waals surface area contributed by atoms with E-state index < -0.39 is 0 Å². The molecule has 0 atom stereocenters. The maximum absolute atomic E-state index is 6.78. The molecule has 0 radical (unpaired) electrons. The van der Waals surface area contributed by atoms with Crippen LogP contribution in [-0.2, 0) is 0 Å². The van der Waals surface area contributed by atoms with Crippen molar-refractivity contribution in [2.75, 3.05) is 0 Å². The summed E-state index contributed by atoms with van der Waals surface area (Å²) >= 11 is 0. The van der Waals surface area contributed by atoms with Gasteiger partial charge in [-0.25, -0.2) is 0 Å². The molecule has 0 aliphatic carbocycles. The molecule has 0 saturated heterocycles. The minimum atomic E-state index is 0.850. The Hall–Kier alpha value is -0.920. The second-order valence-electron chi connectivity index (χ2n) is 1.38. The number of nitrogens with one attached hydrogen (secondary N) is 1. The van der Waals surface area contributed by atoms with Gasteiger partial charge in [-0.2, -0.15) is 0 Å². The normalized spacial score (nSPS) is 10.9. The van der Waals surface area contributed by atoms with Crippen LogP contribution in [-0.4, -0.2) is 12.9 Å². The first-order valence-electron chi connectivity index (χ1n) is 2.50. The van der Waals surface area contributed by atoms with Gasteiger partial charge in [-0.15, -0.1) is 0 Å². The number of rotatable bonds is 3. The number of hydrogen-bond acceptors (Lipinski definition) is 2. The zero-order valence-electron chi connectivity index (χ0n) is 5.02. The quantitative estimate of drug-likeness (QED) is 0.536. The van der Waals surface area contributed by atoms with Gasteiger partial charge in [-0.1, -0.05) is 6.92 Å². The Bertz CT molecular complexity index is 114. The monoisotopic (exact) mass is 110 g/mol. The predicted octanol–water partition coefficient (Wildman–Crippen LogP) is 1.63. The number of hydrogen-bond donors (Lipinski definition) is 1. The van der Waals surface area contributed by atoms with E-state index in [1.54, 1.807) is 6.20 Å². The fourth-order valence-corrected chi connectivity index (χ4v) is 0.348. The van der Waals surface area contributed by atoms with Crippen LogP contribution >= 0.6 is 0 Å². The van der Waals surface area contributed by atoms with E-state index in [0.29, 0.717) is 0 Å². The molecule has 8 heavy (non-hydrogen) atoms. The summed E-state index contributed by atoms with van der Waals surface area (Å²) in [6.07, 6.45) is 3.73. The third-order valence-electron chi connectivity index (χ3n) is 0.851. The predicted molar refractivity (Wildman–Crippen MR) is 36.7 cm³/mol. The molecule has 0 rings (SSSR count). The van der Waals surface area contributed by atoms with Gasteiger partial charge in [0.05, 0.1) is 0 Å². The second kappa shape index (κ2) is 4.24. The summed E-state index contributed by atoms with van der Waals surface area (Å²) in [7, 11) is 0. The van der Waals surface area contributed by atoms with Crippen molar-refractivity contribution in [2.24, 2.45) is 4.99 Å². The van der Waals surface area contributed by atoms with E-state index in [2.05, 4.69) is 11.7 Å². The van der Waals surface area contributed by atoms with Gasteiger partial charge < -0.3 is 5.41 Å². The summed E-state index contributed by atoms with van der Waals surface area (Å²) in [6.45, 7) is 5.24. The lowest BCUT2D eigenvalue weighted by Crippen LogP contribution is -1.77. The highest BCUT2D eigenvalue weighted by molar-refractivity contribution is 5.75. The fourth-order valence-electron chi connectivity index (χ4n) is 0.348. The highest BCUT2D eigenvalue weighted by atomic mass is 14.6. The van der Waals surface area contributed by atoms with Crippen molar-refractivity contribution in [1.82, 2.24) is 0 Å². The van der Waals surface area contributed by atoms with Crippen molar-refractivity contribution in [3.8, 4) is 0 Å². The van der Waals surface area contributed by atoms with Crippen LogP contribution in [0.3, 0.4) is 0 Å². The van der Waals surface area contributed by atoms with Gasteiger partial charge in [0, 0.05) is 12.4 Å². The van der Waals surface area contributed by atoms with E-state index in [1.165, 1.54) is 6.21 Å². The highest BCUT2D eigenvalue weighted by Gasteiger charge is 1.81. The summed E-state index contributed by atoms with van der Waals surface area (Å²) in [5.41, 5.74) is 0.903. The molecular formula is C6H10N2. The summed E-state index contributed by atoms with van der Waals surface area (Å²) in [4.78, 5) is 3.51. The van der Waals surface area contributed by atoms with E-state index >= 15 is 0 Å². The van der Waals surface area contributed by atoms with Crippen molar-refractivity contribution in [2.45, 2.75) is 13.3 Å². The van der Waals surface area contributed by atoms with Crippen LogP contribution < -0.4 is 0 Å². The first-order valence-corrected chi connectivity index (χ1v) is 2.50. The van der Waals surface area contributed by atoms with Crippen LogP contribution in [0.4, 0.5) is 0 Å². The lowest BCUT2D eigenvalue weighted by molar-refractivity contribution is 1.16. The Morgan fingerprint density at radius 2 is 2.50 bits per heavy atom. The number of aliphatic imine (C=N–C) groups is 1. The third kappa shape index (κ3) is 2.29. The van der Waals surface area contributed by atoms with Crippen LogP contribution in [0.2, 0.25) is 0 Å². The minimum absolute atomic E-state index is 0.850. The average Bonchev–Trinajstić information content (AvgIpc) is 1.83. The van der Waals surface area contributed by atoms with Crippen LogP contribution in [0.5, 0.6) is 0 Å². The van der Waals surface area contributed by atoms with Gasteiger partial charge in [-0.3, -0.25) is 4.99 Å². The van der Waals surface area contributed by atoms with Gasteiger partial charge in [0.1, 0.15) is 0 Å². The van der Waals surface area contributed by atoms with Crippen LogP contribution in [0.15, 0.2) is 16.8 Å². The summed E-state index contributed by atoms with van der Waals surface area (Å²) in [5.74, 6) is 0. The molecule has 0 heterocycles. The van der Waals surface area contributed by atoms with E-state index in [9.17, 15) is 0 Å². The summed E-state index contributed by atoms with van der Waals surface area (Å²) < 4.78 is 0. The van der Waals surface area contributed by atoms with E-state index in [1.807, 2.05) is 6.92 Å². The van der Waals surface area contributed by atoms with Crippen molar-refractivity contribution >= 4 is 12.9 Å². The maximum Gasteiger partial charge on any atom is 0.0307 e. The zero-order valence-corrected chi connectivity index (χ0v) is 5.02. The largest absolute Gasteiger partial charge is 0.308 e. The highest BCUT2D eigenvalue weighted by Crippen LogP contribution is 1.93. The second-order valence-corrected chi connectivity index (χ2v) is 1.38. The molecule has 0 spiro atoms. The summed E-state index contributed by atoms with van der Waals surface area (Å²) in [6, 6.07) is 0. The molecule has 0 aromatic carbocycles. The molecule has 0 aromatic rings. The van der Waals surface area contributed by atoms with Crippen molar-refractivity contribution in [3.05, 3.63) is 11.8 Å². The Kier molecular flexibility index (Phi) is 3.76. The molecule has 0 fully saturated rings. The lowest BCUT2D eigenvalue weighted by atomic mass is 10.2. The Balaban J connectivity index is 3.84. The smallest absolute Gasteiger partial charge is 0.0307 e. The lowest BCUT2D eigenvalue weighted by Gasteiger charge is -1.87. The molecule has 0 aliphatic rings. The fraction of sp³-hybridized carbons (Fsp3) is 0.333. The average molecular weight is 110 g/mol. The Morgan fingerprint density at radius 3 is 2.62 bits per heavy atom. The molecule has 2 heteroatoms. The molecule has 1 N–H and O–H groups in total. The molecule has 0 unspecified atom stereocenters. The van der Waals surface area contributed by atoms with Gasteiger partial charge in [0.15, 0.2) is 0 Å². The Labute approximate surface area is 49.5 Å². The van der Waals surface area contributed by atoms with Crippen LogP contribution in [0.25, 0.3) is 0 Å². The molecule has 0 aromatic heterocycles. The summed E-state index contributed by atoms with van der Waals surface area (Å²) in [5, 5.41) is 6.78. The number of allylic oxidation sites excluding steroid dienone is 1. The van der Waals surface area contributed by atoms with Crippen LogP contribution in [0, 0.1) is 5.41 Å². The maximum atomic E-state index is 6.78. The molecular weight excluding hydrogens is 100 g/mol. The van der Waals surface area contributed by atoms with Crippen LogP contribution in [0.1, 0.15) is 13.3 Å².